The highest BCUT2D eigenvalue weighted by molar-refractivity contribution is 5.24. The van der Waals surface area contributed by atoms with Crippen LogP contribution >= 0.6 is 0 Å². The largest absolute Gasteiger partial charge is 0.403 e. The third kappa shape index (κ3) is 2.63. The number of hydrogen-bond acceptors (Lipinski definition) is 1. The molecule has 2 rings (SSSR count). The molecule has 1 aromatic rings. The number of rotatable bonds is 1. The zero-order valence-corrected chi connectivity index (χ0v) is 9.40. The van der Waals surface area contributed by atoms with Crippen LogP contribution in [0.25, 0.3) is 0 Å². The van der Waals surface area contributed by atoms with E-state index in [4.69, 9.17) is 0 Å². The topological polar surface area (TPSA) is 12.0 Å². The van der Waals surface area contributed by atoms with Crippen molar-refractivity contribution in [3.05, 3.63) is 35.4 Å². The van der Waals surface area contributed by atoms with Crippen LogP contribution in [-0.4, -0.2) is 18.8 Å². The second kappa shape index (κ2) is 4.84. The molecule has 1 aliphatic heterocycles. The van der Waals surface area contributed by atoms with Crippen molar-refractivity contribution in [1.82, 2.24) is 5.32 Å². The number of alkyl halides is 3. The molecule has 1 aliphatic rings. The highest BCUT2D eigenvalue weighted by Crippen LogP contribution is 2.36. The Hall–Kier alpha value is -1.17. The molecule has 18 heavy (non-hydrogen) atoms. The maximum absolute atomic E-state index is 13.5. The van der Waals surface area contributed by atoms with Gasteiger partial charge in [0.1, 0.15) is 17.7 Å². The summed E-state index contributed by atoms with van der Waals surface area (Å²) in [6, 6.07) is 1.65. The summed E-state index contributed by atoms with van der Waals surface area (Å²) in [7, 11) is 0. The van der Waals surface area contributed by atoms with Crippen LogP contribution in [0.15, 0.2) is 18.2 Å². The van der Waals surface area contributed by atoms with Gasteiger partial charge in [0.2, 0.25) is 0 Å². The average Bonchev–Trinajstić information content (AvgIpc) is 2.28. The zero-order chi connectivity index (χ0) is 13.3. The van der Waals surface area contributed by atoms with E-state index in [9.17, 15) is 22.0 Å². The van der Waals surface area contributed by atoms with Crippen LogP contribution in [-0.2, 0) is 0 Å². The van der Waals surface area contributed by atoms with Crippen molar-refractivity contribution in [2.75, 3.05) is 6.54 Å². The smallest absolute Gasteiger partial charge is 0.306 e. The SMILES string of the molecule is Fc1cccc(F)c1C1CCNC(C(F)(F)F)C1. The second-order valence-corrected chi connectivity index (χ2v) is 4.40. The second-order valence-electron chi connectivity index (χ2n) is 4.40. The minimum absolute atomic E-state index is 0.0998. The van der Waals surface area contributed by atoms with Gasteiger partial charge < -0.3 is 5.32 Å². The fourth-order valence-corrected chi connectivity index (χ4v) is 2.33. The maximum Gasteiger partial charge on any atom is 0.403 e. The van der Waals surface area contributed by atoms with E-state index in [2.05, 4.69) is 5.32 Å². The summed E-state index contributed by atoms with van der Waals surface area (Å²) in [5, 5.41) is 2.33. The van der Waals surface area contributed by atoms with Gasteiger partial charge in [-0.25, -0.2) is 8.78 Å². The molecule has 1 heterocycles. The molecule has 1 N–H and O–H groups in total. The number of nitrogens with one attached hydrogen (secondary N) is 1. The summed E-state index contributed by atoms with van der Waals surface area (Å²) in [5.74, 6) is -2.29. The van der Waals surface area contributed by atoms with E-state index in [1.165, 1.54) is 6.07 Å². The quantitative estimate of drug-likeness (QED) is 0.768. The number of piperidine rings is 1. The summed E-state index contributed by atoms with van der Waals surface area (Å²) in [6.45, 7) is 0.0998. The third-order valence-corrected chi connectivity index (χ3v) is 3.21. The molecular weight excluding hydrogens is 253 g/mol. The molecule has 6 heteroatoms. The lowest BCUT2D eigenvalue weighted by atomic mass is 9.85. The molecule has 1 fully saturated rings. The first kappa shape index (κ1) is 13.3. The minimum Gasteiger partial charge on any atom is -0.306 e. The lowest BCUT2D eigenvalue weighted by Crippen LogP contribution is -2.47. The van der Waals surface area contributed by atoms with Crippen LogP contribution in [0, 0.1) is 11.6 Å². The normalized spacial score (nSPS) is 25.2. The molecule has 0 saturated carbocycles. The monoisotopic (exact) mass is 265 g/mol. The van der Waals surface area contributed by atoms with Gasteiger partial charge in [0.15, 0.2) is 0 Å². The van der Waals surface area contributed by atoms with Gasteiger partial charge in [0, 0.05) is 5.56 Å². The summed E-state index contributed by atoms with van der Waals surface area (Å²) in [6.07, 6.45) is -4.42. The van der Waals surface area contributed by atoms with Gasteiger partial charge >= 0.3 is 6.18 Å². The molecule has 0 aliphatic carbocycles. The Balaban J connectivity index is 2.24. The van der Waals surface area contributed by atoms with Gasteiger partial charge in [-0.1, -0.05) is 6.07 Å². The van der Waals surface area contributed by atoms with Gasteiger partial charge in [-0.05, 0) is 37.4 Å². The standard InChI is InChI=1S/C12H12F5N/c13-8-2-1-3-9(14)11(8)7-4-5-18-10(6-7)12(15,16)17/h1-3,7,10,18H,4-6H2. The predicted octanol–water partition coefficient (Wildman–Crippen LogP) is 3.36. The first-order valence-corrected chi connectivity index (χ1v) is 5.63. The molecule has 0 radical (unpaired) electrons. The summed E-state index contributed by atoms with van der Waals surface area (Å²) in [5.41, 5.74) is -0.228. The van der Waals surface area contributed by atoms with E-state index in [1.807, 2.05) is 0 Å². The van der Waals surface area contributed by atoms with Crippen LogP contribution in [0.5, 0.6) is 0 Å². The van der Waals surface area contributed by atoms with Crippen molar-refractivity contribution in [1.29, 1.82) is 0 Å². The van der Waals surface area contributed by atoms with Crippen LogP contribution in [0.4, 0.5) is 22.0 Å². The average molecular weight is 265 g/mol. The molecule has 0 bridgehead atoms. The molecule has 0 aromatic heterocycles. The first-order valence-electron chi connectivity index (χ1n) is 5.63. The predicted molar refractivity (Wildman–Crippen MR) is 56.2 cm³/mol. The molecule has 1 aromatic carbocycles. The van der Waals surface area contributed by atoms with E-state index in [-0.39, 0.29) is 18.5 Å². The minimum atomic E-state index is -4.39. The van der Waals surface area contributed by atoms with E-state index < -0.39 is 29.8 Å². The van der Waals surface area contributed by atoms with E-state index in [0.29, 0.717) is 6.42 Å². The summed E-state index contributed by atoms with van der Waals surface area (Å²) < 4.78 is 64.8. The highest BCUT2D eigenvalue weighted by Gasteiger charge is 2.43. The summed E-state index contributed by atoms with van der Waals surface area (Å²) in [4.78, 5) is 0. The van der Waals surface area contributed by atoms with Crippen molar-refractivity contribution in [3.63, 3.8) is 0 Å². The van der Waals surface area contributed by atoms with Crippen LogP contribution in [0.2, 0.25) is 0 Å². The molecule has 2 atom stereocenters. The summed E-state index contributed by atoms with van der Waals surface area (Å²) >= 11 is 0. The Labute approximate surface area is 101 Å². The van der Waals surface area contributed by atoms with Crippen LogP contribution in [0.1, 0.15) is 24.3 Å². The van der Waals surface area contributed by atoms with E-state index in [1.54, 1.807) is 0 Å². The molecular formula is C12H12F5N. The van der Waals surface area contributed by atoms with Gasteiger partial charge in [0.25, 0.3) is 0 Å². The Bertz CT molecular complexity index is 409. The third-order valence-electron chi connectivity index (χ3n) is 3.21. The molecule has 100 valence electrons. The lowest BCUT2D eigenvalue weighted by Gasteiger charge is -2.32. The zero-order valence-electron chi connectivity index (χ0n) is 9.40. The lowest BCUT2D eigenvalue weighted by molar-refractivity contribution is -0.161. The van der Waals surface area contributed by atoms with Gasteiger partial charge in [-0.15, -0.1) is 0 Å². The Kier molecular flexibility index (Phi) is 3.56. The molecule has 1 saturated heterocycles. The molecule has 1 nitrogen and oxygen atoms in total. The van der Waals surface area contributed by atoms with E-state index in [0.717, 1.165) is 12.1 Å². The Morgan fingerprint density at radius 3 is 2.28 bits per heavy atom. The van der Waals surface area contributed by atoms with Crippen molar-refractivity contribution in [2.45, 2.75) is 31.0 Å². The molecule has 0 amide bonds. The fraction of sp³-hybridized carbons (Fsp3) is 0.500. The number of halogens is 5. The van der Waals surface area contributed by atoms with Gasteiger partial charge in [-0.3, -0.25) is 0 Å². The molecule has 2 unspecified atom stereocenters. The maximum atomic E-state index is 13.5. The number of hydrogen-bond donors (Lipinski definition) is 1. The fourth-order valence-electron chi connectivity index (χ4n) is 2.33. The van der Waals surface area contributed by atoms with Crippen molar-refractivity contribution in [2.24, 2.45) is 0 Å². The van der Waals surface area contributed by atoms with Crippen LogP contribution in [0.3, 0.4) is 0 Å². The van der Waals surface area contributed by atoms with E-state index >= 15 is 0 Å². The first-order chi connectivity index (χ1) is 8.39. The molecule has 0 spiro atoms. The van der Waals surface area contributed by atoms with Crippen molar-refractivity contribution in [3.8, 4) is 0 Å². The van der Waals surface area contributed by atoms with Gasteiger partial charge in [-0.2, -0.15) is 13.2 Å². The Morgan fingerprint density at radius 2 is 1.72 bits per heavy atom. The van der Waals surface area contributed by atoms with Crippen molar-refractivity contribution < 1.29 is 22.0 Å². The Morgan fingerprint density at radius 1 is 1.11 bits per heavy atom. The van der Waals surface area contributed by atoms with Crippen molar-refractivity contribution >= 4 is 0 Å². The van der Waals surface area contributed by atoms with Gasteiger partial charge in [0.05, 0.1) is 0 Å². The van der Waals surface area contributed by atoms with Crippen LogP contribution < -0.4 is 5.32 Å². The highest BCUT2D eigenvalue weighted by atomic mass is 19.4. The number of benzene rings is 1.